The molecular weight excluding hydrogens is 365 g/mol. The van der Waals surface area contributed by atoms with Crippen molar-refractivity contribution in [3.05, 3.63) is 38.8 Å². The average molecular weight is 388 g/mol. The quantitative estimate of drug-likeness (QED) is 0.598. The van der Waals surface area contributed by atoms with Gasteiger partial charge in [-0.05, 0) is 41.3 Å². The van der Waals surface area contributed by atoms with Gasteiger partial charge in [0.1, 0.15) is 12.2 Å². The Kier molecular flexibility index (Phi) is 4.89. The smallest absolute Gasteiger partial charge is 0.149 e. The van der Waals surface area contributed by atoms with Crippen LogP contribution in [0.3, 0.4) is 0 Å². The molecule has 1 atom stereocenters. The van der Waals surface area contributed by atoms with E-state index in [1.807, 2.05) is 11.6 Å². The highest BCUT2D eigenvalue weighted by Crippen LogP contribution is 2.35. The summed E-state index contributed by atoms with van der Waals surface area (Å²) in [5.74, 6) is 2.66. The zero-order valence-electron chi connectivity index (χ0n) is 14.5. The number of aromatic nitrogens is 3. The molecule has 2 heterocycles. The van der Waals surface area contributed by atoms with E-state index < -0.39 is 0 Å². The van der Waals surface area contributed by atoms with Gasteiger partial charge >= 0.3 is 5.82 Å². The number of hydrogen-bond acceptors (Lipinski definition) is 1. The topological polar surface area (TPSA) is 21.7 Å². The minimum atomic E-state index is 0.305. The third-order valence-electron chi connectivity index (χ3n) is 4.96. The lowest BCUT2D eigenvalue weighted by Crippen LogP contribution is -2.45. The van der Waals surface area contributed by atoms with E-state index >= 15 is 0 Å². The van der Waals surface area contributed by atoms with Crippen molar-refractivity contribution in [2.45, 2.75) is 53.5 Å². The summed E-state index contributed by atoms with van der Waals surface area (Å²) < 4.78 is 4.27. The highest BCUT2D eigenvalue weighted by Gasteiger charge is 2.34. The lowest BCUT2D eigenvalue weighted by atomic mass is 9.76. The fourth-order valence-corrected chi connectivity index (χ4v) is 4.58. The van der Waals surface area contributed by atoms with Gasteiger partial charge in [-0.2, -0.15) is 0 Å². The second-order valence-electron chi connectivity index (χ2n) is 7.62. The molecule has 0 N–H and O–H groups in total. The van der Waals surface area contributed by atoms with Crippen molar-refractivity contribution >= 4 is 34.8 Å². The van der Waals surface area contributed by atoms with Crippen LogP contribution in [0.15, 0.2) is 12.1 Å². The van der Waals surface area contributed by atoms with Crippen LogP contribution in [0.4, 0.5) is 0 Å². The number of hydrogen-bond donors (Lipinski definition) is 0. The number of aryl methyl sites for hydroxylation is 2. The summed E-state index contributed by atoms with van der Waals surface area (Å²) in [4.78, 5) is 4.78. The molecule has 0 saturated carbocycles. The zero-order valence-corrected chi connectivity index (χ0v) is 16.8. The SMILES string of the molecule is Cc1nc2[n+](n1-c1c(Cl)cc(Cl)cc1Cl)CCC(C(C)(C)C)CC2. The van der Waals surface area contributed by atoms with E-state index in [-0.39, 0.29) is 0 Å². The second-order valence-corrected chi connectivity index (χ2v) is 8.87. The fourth-order valence-electron chi connectivity index (χ4n) is 3.61. The van der Waals surface area contributed by atoms with Gasteiger partial charge in [-0.3, -0.25) is 0 Å². The maximum atomic E-state index is 6.45. The Bertz CT molecular complexity index is 752. The lowest BCUT2D eigenvalue weighted by molar-refractivity contribution is -0.773. The van der Waals surface area contributed by atoms with Crippen LogP contribution in [0, 0.1) is 18.3 Å². The number of benzene rings is 1. The minimum Gasteiger partial charge on any atom is -0.149 e. The van der Waals surface area contributed by atoms with Crippen molar-refractivity contribution in [2.75, 3.05) is 0 Å². The van der Waals surface area contributed by atoms with Gasteiger partial charge in [0.25, 0.3) is 5.82 Å². The monoisotopic (exact) mass is 386 g/mol. The number of fused-ring (bicyclic) bond motifs is 1. The Morgan fingerprint density at radius 1 is 1.12 bits per heavy atom. The van der Waals surface area contributed by atoms with Crippen LogP contribution in [0.2, 0.25) is 15.1 Å². The highest BCUT2D eigenvalue weighted by molar-refractivity contribution is 6.40. The molecule has 3 rings (SSSR count). The number of rotatable bonds is 1. The minimum absolute atomic E-state index is 0.305. The molecule has 24 heavy (non-hydrogen) atoms. The first kappa shape index (κ1) is 18.0. The first-order chi connectivity index (χ1) is 11.2. The van der Waals surface area contributed by atoms with Crippen LogP contribution in [-0.2, 0) is 13.0 Å². The van der Waals surface area contributed by atoms with Crippen LogP contribution in [0.25, 0.3) is 5.69 Å². The number of nitrogens with zero attached hydrogens (tertiary/aromatic N) is 3. The summed E-state index contributed by atoms with van der Waals surface area (Å²) in [6, 6.07) is 3.46. The predicted molar refractivity (Wildman–Crippen MR) is 99.4 cm³/mol. The zero-order chi connectivity index (χ0) is 17.6. The summed E-state index contributed by atoms with van der Waals surface area (Å²) in [6.07, 6.45) is 3.25. The molecule has 2 aromatic rings. The van der Waals surface area contributed by atoms with Gasteiger partial charge in [-0.1, -0.05) is 55.6 Å². The second kappa shape index (κ2) is 6.51. The summed E-state index contributed by atoms with van der Waals surface area (Å²) in [5, 5.41) is 1.62. The summed E-state index contributed by atoms with van der Waals surface area (Å²) in [7, 11) is 0. The standard InChI is InChI=1S/C18H23Cl3N3/c1-11-22-16-6-5-12(18(2,3)4)7-8-23(16)24(11)17-14(20)9-13(19)10-15(17)21/h9-10,12H,5-8H2,1-4H3/q+1. The van der Waals surface area contributed by atoms with Gasteiger partial charge in [0.05, 0.1) is 16.5 Å². The van der Waals surface area contributed by atoms with Gasteiger partial charge in [-0.25, -0.2) is 0 Å². The molecule has 0 radical (unpaired) electrons. The summed E-state index contributed by atoms with van der Waals surface area (Å²) >= 11 is 19.0. The molecule has 6 heteroatoms. The van der Waals surface area contributed by atoms with Crippen molar-refractivity contribution in [2.24, 2.45) is 11.3 Å². The molecule has 1 aromatic carbocycles. The molecule has 0 spiro atoms. The van der Waals surface area contributed by atoms with Crippen molar-refractivity contribution in [3.63, 3.8) is 0 Å². The van der Waals surface area contributed by atoms with Crippen molar-refractivity contribution in [3.8, 4) is 5.69 Å². The number of halogens is 3. The fraction of sp³-hybridized carbons (Fsp3) is 0.556. The molecule has 0 fully saturated rings. The third-order valence-corrected chi connectivity index (χ3v) is 5.76. The largest absolute Gasteiger partial charge is 0.319 e. The average Bonchev–Trinajstić information content (AvgIpc) is 2.63. The molecule has 1 unspecified atom stereocenters. The van der Waals surface area contributed by atoms with E-state index in [0.717, 1.165) is 43.1 Å². The van der Waals surface area contributed by atoms with Crippen LogP contribution < -0.4 is 4.68 Å². The molecule has 0 amide bonds. The molecule has 1 aliphatic heterocycles. The van der Waals surface area contributed by atoms with E-state index in [9.17, 15) is 0 Å². The maximum absolute atomic E-state index is 6.45. The van der Waals surface area contributed by atoms with E-state index in [1.54, 1.807) is 12.1 Å². The Morgan fingerprint density at radius 2 is 1.75 bits per heavy atom. The van der Waals surface area contributed by atoms with Gasteiger partial charge in [0.2, 0.25) is 0 Å². The highest BCUT2D eigenvalue weighted by atomic mass is 35.5. The van der Waals surface area contributed by atoms with Gasteiger partial charge in [0, 0.05) is 11.9 Å². The summed E-state index contributed by atoms with van der Waals surface area (Å²) in [5.41, 5.74) is 1.06. The molecule has 3 nitrogen and oxygen atoms in total. The first-order valence-electron chi connectivity index (χ1n) is 8.31. The molecule has 0 saturated heterocycles. The Labute approximate surface area is 158 Å². The van der Waals surface area contributed by atoms with Crippen LogP contribution in [-0.4, -0.2) is 9.67 Å². The van der Waals surface area contributed by atoms with E-state index in [2.05, 4.69) is 25.5 Å². The Balaban J connectivity index is 2.07. The third kappa shape index (κ3) is 3.31. The molecule has 1 aliphatic rings. The van der Waals surface area contributed by atoms with Crippen molar-refractivity contribution < 1.29 is 4.68 Å². The summed E-state index contributed by atoms with van der Waals surface area (Å²) in [6.45, 7) is 9.85. The van der Waals surface area contributed by atoms with E-state index in [1.165, 1.54) is 0 Å². The molecule has 0 aliphatic carbocycles. The van der Waals surface area contributed by atoms with Crippen molar-refractivity contribution in [1.82, 2.24) is 9.67 Å². The van der Waals surface area contributed by atoms with Gasteiger partial charge < -0.3 is 0 Å². The molecule has 1 aromatic heterocycles. The van der Waals surface area contributed by atoms with Crippen LogP contribution in [0.1, 0.15) is 45.3 Å². The lowest BCUT2D eigenvalue weighted by Gasteiger charge is -2.28. The normalized spacial score (nSPS) is 18.4. The van der Waals surface area contributed by atoms with Gasteiger partial charge in [-0.15, -0.1) is 9.36 Å². The van der Waals surface area contributed by atoms with Gasteiger partial charge in [0.15, 0.2) is 0 Å². The first-order valence-corrected chi connectivity index (χ1v) is 9.45. The van der Waals surface area contributed by atoms with Crippen LogP contribution >= 0.6 is 34.8 Å². The maximum Gasteiger partial charge on any atom is 0.319 e. The Morgan fingerprint density at radius 3 is 2.33 bits per heavy atom. The molecule has 0 bridgehead atoms. The van der Waals surface area contributed by atoms with Crippen LogP contribution in [0.5, 0.6) is 0 Å². The Hall–Kier alpha value is -0.770. The predicted octanol–water partition coefficient (Wildman–Crippen LogP) is 5.43. The molecular formula is C18H23Cl3N3+. The van der Waals surface area contributed by atoms with Crippen molar-refractivity contribution in [1.29, 1.82) is 0 Å². The van der Waals surface area contributed by atoms with E-state index in [0.29, 0.717) is 26.4 Å². The molecule has 130 valence electrons. The van der Waals surface area contributed by atoms with E-state index in [4.69, 9.17) is 39.8 Å².